The highest BCUT2D eigenvalue weighted by molar-refractivity contribution is 9.10. The normalized spacial score (nSPS) is 13.2. The van der Waals surface area contributed by atoms with Gasteiger partial charge in [-0.15, -0.1) is 0 Å². The summed E-state index contributed by atoms with van der Waals surface area (Å²) in [5, 5.41) is -0.397. The van der Waals surface area contributed by atoms with Crippen molar-refractivity contribution in [1.82, 2.24) is 4.98 Å². The van der Waals surface area contributed by atoms with Gasteiger partial charge < -0.3 is 4.98 Å². The predicted octanol–water partition coefficient (Wildman–Crippen LogP) is 5.00. The van der Waals surface area contributed by atoms with Crippen LogP contribution in [0.15, 0.2) is 20.6 Å². The molecule has 0 amide bonds. The highest BCUT2D eigenvalue weighted by Gasteiger charge is 2.33. The fourth-order valence-electron chi connectivity index (χ4n) is 0.767. The minimum absolute atomic E-state index is 0.124. The maximum Gasteiger partial charge on any atom is 0.447 e. The van der Waals surface area contributed by atoms with Gasteiger partial charge in [0.2, 0.25) is 0 Å². The summed E-state index contributed by atoms with van der Waals surface area (Å²) in [6, 6.07) is 0.792. The first-order chi connectivity index (χ1) is 7.07. The number of H-pyrrole nitrogens is 1. The molecular formula is C6H2BrF6NS2. The molecule has 16 heavy (non-hydrogen) atoms. The van der Waals surface area contributed by atoms with Crippen LogP contribution in [0.2, 0.25) is 0 Å². The number of aromatic nitrogens is 1. The Morgan fingerprint density at radius 3 is 1.94 bits per heavy atom. The third-order valence-electron chi connectivity index (χ3n) is 1.16. The first-order valence-electron chi connectivity index (χ1n) is 3.47. The van der Waals surface area contributed by atoms with Crippen LogP contribution in [0.4, 0.5) is 26.3 Å². The number of aromatic amines is 1. The molecule has 0 bridgehead atoms. The summed E-state index contributed by atoms with van der Waals surface area (Å²) in [6.07, 6.45) is 0. The number of halogens is 7. The van der Waals surface area contributed by atoms with Crippen molar-refractivity contribution in [2.45, 2.75) is 20.9 Å². The van der Waals surface area contributed by atoms with E-state index in [1.807, 2.05) is 0 Å². The van der Waals surface area contributed by atoms with Crippen LogP contribution in [-0.2, 0) is 0 Å². The van der Waals surface area contributed by atoms with E-state index in [0.717, 1.165) is 6.07 Å². The molecule has 1 aromatic rings. The molecule has 1 rings (SSSR count). The molecule has 0 aliphatic heterocycles. The van der Waals surface area contributed by atoms with Gasteiger partial charge in [0.05, 0.1) is 9.63 Å². The van der Waals surface area contributed by atoms with Crippen molar-refractivity contribution < 1.29 is 26.3 Å². The molecule has 92 valence electrons. The van der Waals surface area contributed by atoms with Gasteiger partial charge in [0.1, 0.15) is 0 Å². The highest BCUT2D eigenvalue weighted by Crippen LogP contribution is 2.44. The van der Waals surface area contributed by atoms with Gasteiger partial charge in [-0.1, -0.05) is 0 Å². The third kappa shape index (κ3) is 4.91. The predicted molar refractivity (Wildman–Crippen MR) is 52.3 cm³/mol. The number of hydrogen-bond acceptors (Lipinski definition) is 2. The molecule has 0 unspecified atom stereocenters. The monoisotopic (exact) mass is 345 g/mol. The molecule has 1 N–H and O–H groups in total. The Labute approximate surface area is 102 Å². The molecule has 0 saturated heterocycles. The quantitative estimate of drug-likeness (QED) is 0.599. The van der Waals surface area contributed by atoms with Crippen molar-refractivity contribution in [1.29, 1.82) is 0 Å². The van der Waals surface area contributed by atoms with Gasteiger partial charge in [-0.2, -0.15) is 26.3 Å². The maximum atomic E-state index is 12.0. The van der Waals surface area contributed by atoms with Crippen molar-refractivity contribution in [3.05, 3.63) is 10.7 Å². The largest absolute Gasteiger partial charge is 0.447 e. The van der Waals surface area contributed by atoms with Crippen molar-refractivity contribution >= 4 is 39.5 Å². The Morgan fingerprint density at radius 1 is 1.00 bits per heavy atom. The molecule has 0 aliphatic rings. The Morgan fingerprint density at radius 2 is 1.50 bits per heavy atom. The van der Waals surface area contributed by atoms with E-state index in [1.165, 1.54) is 0 Å². The lowest BCUT2D eigenvalue weighted by molar-refractivity contribution is -0.0336. The molecular weight excluding hydrogens is 344 g/mol. The zero-order chi connectivity index (χ0) is 12.6. The lowest BCUT2D eigenvalue weighted by Gasteiger charge is -2.03. The number of hydrogen-bond donors (Lipinski definition) is 1. The van der Waals surface area contributed by atoms with Gasteiger partial charge in [0.25, 0.3) is 0 Å². The third-order valence-corrected chi connectivity index (χ3v) is 3.50. The van der Waals surface area contributed by atoms with Crippen LogP contribution in [-0.4, -0.2) is 16.0 Å². The fourth-order valence-corrected chi connectivity index (χ4v) is 2.69. The van der Waals surface area contributed by atoms with Crippen LogP contribution in [0.5, 0.6) is 0 Å². The minimum atomic E-state index is -4.54. The van der Waals surface area contributed by atoms with Crippen LogP contribution in [0.25, 0.3) is 0 Å². The average Bonchev–Trinajstić information content (AvgIpc) is 2.23. The minimum Gasteiger partial charge on any atom is -0.343 e. The highest BCUT2D eigenvalue weighted by atomic mass is 79.9. The first kappa shape index (κ1) is 14.1. The van der Waals surface area contributed by atoms with Gasteiger partial charge in [0, 0.05) is 16.7 Å². The summed E-state index contributed by atoms with van der Waals surface area (Å²) in [7, 11) is 0. The first-order valence-corrected chi connectivity index (χ1v) is 5.89. The summed E-state index contributed by atoms with van der Waals surface area (Å²) < 4.78 is 71.5. The Balaban J connectivity index is 2.82. The Hall–Kier alpha value is 0.0400. The second kappa shape index (κ2) is 4.73. The Kier molecular flexibility index (Phi) is 4.17. The number of alkyl halides is 6. The fraction of sp³-hybridized carbons (Fsp3) is 0.333. The van der Waals surface area contributed by atoms with E-state index in [0.29, 0.717) is 0 Å². The standard InChI is InChI=1S/C6H2BrF6NS2/c7-4-2(15-5(8,9)10)1-3(14-4)16-6(11,12)13/h1,14H. The van der Waals surface area contributed by atoms with E-state index in [2.05, 4.69) is 20.9 Å². The molecule has 10 heteroatoms. The molecule has 0 fully saturated rings. The summed E-state index contributed by atoms with van der Waals surface area (Å²) in [6.45, 7) is 0. The summed E-state index contributed by atoms with van der Waals surface area (Å²) >= 11 is 1.73. The van der Waals surface area contributed by atoms with Gasteiger partial charge in [-0.25, -0.2) is 0 Å². The molecule has 1 aromatic heterocycles. The summed E-state index contributed by atoms with van der Waals surface area (Å²) in [5.41, 5.74) is -9.07. The van der Waals surface area contributed by atoms with E-state index in [-0.39, 0.29) is 9.50 Å². The number of rotatable bonds is 2. The lowest BCUT2D eigenvalue weighted by atomic mass is 10.7. The zero-order valence-electron chi connectivity index (χ0n) is 7.04. The SMILES string of the molecule is FC(F)(F)Sc1cc(SC(F)(F)F)c(Br)[nH]1. The molecule has 0 radical (unpaired) electrons. The summed E-state index contributed by atoms with van der Waals surface area (Å²) in [5.74, 6) is 0. The second-order valence-corrected chi connectivity index (χ2v) is 5.41. The van der Waals surface area contributed by atoms with Crippen molar-refractivity contribution in [2.75, 3.05) is 0 Å². The van der Waals surface area contributed by atoms with Crippen LogP contribution < -0.4 is 0 Å². The van der Waals surface area contributed by atoms with Gasteiger partial charge in [-0.05, 0) is 33.8 Å². The van der Waals surface area contributed by atoms with E-state index in [1.54, 1.807) is 0 Å². The van der Waals surface area contributed by atoms with E-state index in [4.69, 9.17) is 0 Å². The van der Waals surface area contributed by atoms with Crippen molar-refractivity contribution in [3.8, 4) is 0 Å². The molecule has 0 aromatic carbocycles. The maximum absolute atomic E-state index is 12.0. The molecule has 0 spiro atoms. The van der Waals surface area contributed by atoms with Crippen LogP contribution in [0.1, 0.15) is 0 Å². The van der Waals surface area contributed by atoms with E-state index in [9.17, 15) is 26.3 Å². The molecule has 0 atom stereocenters. The van der Waals surface area contributed by atoms with Gasteiger partial charge in [0.15, 0.2) is 0 Å². The Bertz CT molecular complexity index is 370. The smallest absolute Gasteiger partial charge is 0.343 e. The average molecular weight is 346 g/mol. The second-order valence-electron chi connectivity index (χ2n) is 2.41. The van der Waals surface area contributed by atoms with Gasteiger partial charge >= 0.3 is 11.0 Å². The van der Waals surface area contributed by atoms with Crippen LogP contribution in [0, 0.1) is 0 Å². The topological polar surface area (TPSA) is 15.8 Å². The number of nitrogens with one attached hydrogen (secondary N) is 1. The van der Waals surface area contributed by atoms with Crippen molar-refractivity contribution in [2.24, 2.45) is 0 Å². The lowest BCUT2D eigenvalue weighted by Crippen LogP contribution is -1.99. The molecule has 0 aliphatic carbocycles. The molecule has 0 saturated carbocycles. The van der Waals surface area contributed by atoms with Crippen molar-refractivity contribution in [3.63, 3.8) is 0 Å². The van der Waals surface area contributed by atoms with E-state index < -0.39 is 39.6 Å². The molecule has 1 nitrogen and oxygen atoms in total. The summed E-state index contributed by atoms with van der Waals surface area (Å²) in [4.78, 5) is 1.83. The van der Waals surface area contributed by atoms with Crippen LogP contribution in [0.3, 0.4) is 0 Å². The number of thioether (sulfide) groups is 2. The van der Waals surface area contributed by atoms with Gasteiger partial charge in [-0.3, -0.25) is 0 Å². The molecule has 1 heterocycles. The zero-order valence-corrected chi connectivity index (χ0v) is 10.3. The van der Waals surface area contributed by atoms with E-state index >= 15 is 0 Å². The van der Waals surface area contributed by atoms with Crippen LogP contribution >= 0.6 is 39.5 Å².